The van der Waals surface area contributed by atoms with E-state index in [1.54, 1.807) is 0 Å². The zero-order valence-corrected chi connectivity index (χ0v) is 14.3. The van der Waals surface area contributed by atoms with Crippen LogP contribution in [0.25, 0.3) is 0 Å². The molecule has 0 aliphatic heterocycles. The minimum absolute atomic E-state index is 0.511. The second kappa shape index (κ2) is 6.36. The van der Waals surface area contributed by atoms with Crippen molar-refractivity contribution in [2.45, 2.75) is 64.8 Å². The number of hydrogen-bond acceptors (Lipinski definition) is 1. The summed E-state index contributed by atoms with van der Waals surface area (Å²) in [6.45, 7) is 17.8. The summed E-state index contributed by atoms with van der Waals surface area (Å²) in [5.41, 5.74) is 1.02. The molecule has 15 heavy (non-hydrogen) atoms. The maximum absolute atomic E-state index is 3.87. The molecule has 0 saturated heterocycles. The van der Waals surface area contributed by atoms with Gasteiger partial charge in [0.2, 0.25) is 0 Å². The van der Waals surface area contributed by atoms with Crippen molar-refractivity contribution in [1.29, 1.82) is 0 Å². The summed E-state index contributed by atoms with van der Waals surface area (Å²) in [6.07, 6.45) is 1.27. The Labute approximate surface area is 103 Å². The molecule has 2 heteroatoms. The van der Waals surface area contributed by atoms with Crippen molar-refractivity contribution in [1.82, 2.24) is 4.02 Å². The molecule has 1 nitrogen and oxygen atoms in total. The monoisotopic (exact) mass is 269 g/mol. The van der Waals surface area contributed by atoms with Crippen LogP contribution in [-0.4, -0.2) is 23.0 Å². The van der Waals surface area contributed by atoms with E-state index in [1.807, 2.05) is 0 Å². The van der Waals surface area contributed by atoms with Crippen LogP contribution >= 0.6 is 0 Å². The van der Waals surface area contributed by atoms with Gasteiger partial charge in [0.25, 0.3) is 0 Å². The summed E-state index contributed by atoms with van der Waals surface area (Å²) in [6, 6.07) is 0. The van der Waals surface area contributed by atoms with Crippen LogP contribution in [0.5, 0.6) is 0 Å². The summed E-state index contributed by atoms with van der Waals surface area (Å²) in [7, 11) is 0. The topological polar surface area (TPSA) is 12.0 Å². The van der Waals surface area contributed by atoms with Crippen LogP contribution in [0.1, 0.15) is 54.9 Å². The van der Waals surface area contributed by atoms with Crippen molar-refractivity contribution in [3.05, 3.63) is 0 Å². The van der Waals surface area contributed by atoms with E-state index in [-0.39, 0.29) is 0 Å². The van der Waals surface area contributed by atoms with E-state index < -0.39 is 16.5 Å². The molecule has 0 unspecified atom stereocenters. The summed E-state index contributed by atoms with van der Waals surface area (Å²) in [5.74, 6) is 0. The van der Waals surface area contributed by atoms with E-state index in [9.17, 15) is 0 Å². The van der Waals surface area contributed by atoms with Gasteiger partial charge in [-0.1, -0.05) is 0 Å². The average molecular weight is 270 g/mol. The molecule has 0 spiro atoms. The number of nitrogens with one attached hydrogen (secondary N) is 1. The van der Waals surface area contributed by atoms with Gasteiger partial charge in [-0.2, -0.15) is 0 Å². The Morgan fingerprint density at radius 2 is 1.27 bits per heavy atom. The third-order valence-corrected chi connectivity index (χ3v) is 11.4. The molecule has 0 radical (unpaired) electrons. The zero-order chi connectivity index (χ0) is 12.1. The fraction of sp³-hybridized carbons (Fsp3) is 1.00. The van der Waals surface area contributed by atoms with Crippen LogP contribution < -0.4 is 4.02 Å². The fourth-order valence-electron chi connectivity index (χ4n) is 2.04. The maximum atomic E-state index is 3.87. The second-order valence-corrected chi connectivity index (χ2v) is 12.7. The van der Waals surface area contributed by atoms with Crippen LogP contribution in [0.3, 0.4) is 0 Å². The Hall–Kier alpha value is 0.596. The Kier molecular flexibility index (Phi) is 6.61. The molecule has 0 aromatic rings. The summed E-state index contributed by atoms with van der Waals surface area (Å²) in [4.78, 5) is 2.91. The van der Waals surface area contributed by atoms with Gasteiger partial charge in [0.05, 0.1) is 0 Å². The van der Waals surface area contributed by atoms with Crippen molar-refractivity contribution >= 4 is 16.5 Å². The van der Waals surface area contributed by atoms with Crippen LogP contribution in [0, 0.1) is 10.8 Å². The van der Waals surface area contributed by atoms with E-state index in [1.165, 1.54) is 22.9 Å². The third kappa shape index (κ3) is 10.9. The molecule has 1 N–H and O–H groups in total. The molecule has 0 rings (SSSR count). The van der Waals surface area contributed by atoms with Gasteiger partial charge in [0, 0.05) is 0 Å². The molecule has 0 fully saturated rings. The van der Waals surface area contributed by atoms with E-state index in [4.69, 9.17) is 0 Å². The molecular weight excluding hydrogens is 240 g/mol. The fourth-order valence-corrected chi connectivity index (χ4v) is 10.6. The second-order valence-electron chi connectivity index (χ2n) is 7.18. The molecule has 90 valence electrons. The van der Waals surface area contributed by atoms with Gasteiger partial charge in [-0.3, -0.25) is 0 Å². The van der Waals surface area contributed by atoms with Crippen molar-refractivity contribution in [2.24, 2.45) is 10.8 Å². The first-order chi connectivity index (χ1) is 6.64. The van der Waals surface area contributed by atoms with E-state index >= 15 is 0 Å². The van der Waals surface area contributed by atoms with Gasteiger partial charge < -0.3 is 0 Å². The molecule has 0 amide bonds. The van der Waals surface area contributed by atoms with Gasteiger partial charge in [0.1, 0.15) is 0 Å². The standard InChI is InChI=1S/2C5H11.C3H8N.Ga/c2*1-5(2,3)4;1-2-3-4;/h2*1H2,2-4H3;4H,2-3H2,1H3;/q;;-1;+1. The molecule has 0 aliphatic carbocycles. The van der Waals surface area contributed by atoms with Crippen molar-refractivity contribution < 1.29 is 0 Å². The Morgan fingerprint density at radius 1 is 0.867 bits per heavy atom. The van der Waals surface area contributed by atoms with Crippen LogP contribution in [0.4, 0.5) is 0 Å². The van der Waals surface area contributed by atoms with Gasteiger partial charge in [-0.15, -0.1) is 0 Å². The van der Waals surface area contributed by atoms with Gasteiger partial charge >= 0.3 is 103 Å². The third-order valence-electron chi connectivity index (χ3n) is 2.40. The van der Waals surface area contributed by atoms with Gasteiger partial charge in [-0.05, 0) is 0 Å². The first-order valence-corrected chi connectivity index (χ1v) is 11.0. The predicted octanol–water partition coefficient (Wildman–Crippen LogP) is 4.07. The van der Waals surface area contributed by atoms with Crippen molar-refractivity contribution in [2.75, 3.05) is 6.54 Å². The van der Waals surface area contributed by atoms with Crippen LogP contribution in [-0.2, 0) is 0 Å². The molecule has 0 bridgehead atoms. The van der Waals surface area contributed by atoms with Gasteiger partial charge in [-0.25, -0.2) is 0 Å². The SMILES string of the molecule is CCC[NH][Ga]([CH2]C(C)(C)C)[CH2]C(C)(C)C. The van der Waals surface area contributed by atoms with Crippen molar-refractivity contribution in [3.8, 4) is 0 Å². The quantitative estimate of drug-likeness (QED) is 0.742. The first kappa shape index (κ1) is 15.6. The normalized spacial score (nSPS) is 13.0. The van der Waals surface area contributed by atoms with E-state index in [0.717, 1.165) is 0 Å². The number of hydrogen-bond donors (Lipinski definition) is 1. The summed E-state index contributed by atoms with van der Waals surface area (Å²) < 4.78 is 3.87. The Bertz CT molecular complexity index is 148. The van der Waals surface area contributed by atoms with Crippen LogP contribution in [0.15, 0.2) is 0 Å². The minimum atomic E-state index is -1.25. The zero-order valence-electron chi connectivity index (χ0n) is 11.9. The molecular formula is C13H30GaN. The average Bonchev–Trinajstić information content (AvgIpc) is 1.94. The Morgan fingerprint density at radius 3 is 1.53 bits per heavy atom. The number of rotatable bonds is 5. The first-order valence-electron chi connectivity index (χ1n) is 6.37. The molecule has 0 heterocycles. The summed E-state index contributed by atoms with van der Waals surface area (Å²) >= 11 is -1.25. The van der Waals surface area contributed by atoms with E-state index in [2.05, 4.69) is 52.5 Å². The molecule has 0 atom stereocenters. The predicted molar refractivity (Wildman–Crippen MR) is 72.6 cm³/mol. The Balaban J connectivity index is 4.19. The van der Waals surface area contributed by atoms with Crippen LogP contribution in [0.2, 0.25) is 9.95 Å². The van der Waals surface area contributed by atoms with Crippen molar-refractivity contribution in [3.63, 3.8) is 0 Å². The van der Waals surface area contributed by atoms with Gasteiger partial charge in [0.15, 0.2) is 0 Å². The summed E-state index contributed by atoms with van der Waals surface area (Å²) in [5, 5.41) is 0. The van der Waals surface area contributed by atoms with E-state index in [0.29, 0.717) is 10.8 Å². The molecule has 0 saturated carbocycles. The molecule has 0 aliphatic rings. The molecule has 0 aromatic carbocycles. The molecule has 0 aromatic heterocycles.